The Morgan fingerprint density at radius 2 is 2.00 bits per heavy atom. The first-order valence-electron chi connectivity index (χ1n) is 6.90. The van der Waals surface area contributed by atoms with Crippen molar-refractivity contribution in [2.45, 2.75) is 18.1 Å². The zero-order chi connectivity index (χ0) is 15.3. The van der Waals surface area contributed by atoms with Gasteiger partial charge in [-0.1, -0.05) is 0 Å². The Hall–Kier alpha value is -0.670. The third kappa shape index (κ3) is 4.93. The van der Waals surface area contributed by atoms with Gasteiger partial charge < -0.3 is 15.4 Å². The van der Waals surface area contributed by atoms with E-state index in [1.807, 2.05) is 17.1 Å². The van der Waals surface area contributed by atoms with Gasteiger partial charge in [0.2, 0.25) is 0 Å². The van der Waals surface area contributed by atoms with E-state index in [1.54, 1.807) is 0 Å². The van der Waals surface area contributed by atoms with E-state index < -0.39 is 18.8 Å². The van der Waals surface area contributed by atoms with E-state index in [1.165, 1.54) is 0 Å². The summed E-state index contributed by atoms with van der Waals surface area (Å²) in [5, 5.41) is 4.43. The summed E-state index contributed by atoms with van der Waals surface area (Å²) in [6.45, 7) is 1.97. The molecule has 9 heteroatoms. The van der Waals surface area contributed by atoms with E-state index in [2.05, 4.69) is 10.2 Å². The fraction of sp³-hybridized carbons (Fsp3) is 0.917. The van der Waals surface area contributed by atoms with Crippen molar-refractivity contribution in [3.63, 3.8) is 0 Å². The number of hydrogen-bond acceptors (Lipinski definition) is 4. The SMILES string of the molecule is O=C(NCC(F)(F)F)NC[C@]1(N2CCOCC2)CCSC1. The van der Waals surface area contributed by atoms with Gasteiger partial charge in [0.25, 0.3) is 0 Å². The molecule has 0 bridgehead atoms. The molecule has 2 rings (SSSR count). The molecule has 0 aromatic heterocycles. The minimum Gasteiger partial charge on any atom is -0.379 e. The number of rotatable bonds is 4. The van der Waals surface area contributed by atoms with Crippen LogP contribution in [0.1, 0.15) is 6.42 Å². The van der Waals surface area contributed by atoms with Gasteiger partial charge in [-0.2, -0.15) is 24.9 Å². The van der Waals surface area contributed by atoms with Gasteiger partial charge in [0, 0.05) is 30.9 Å². The summed E-state index contributed by atoms with van der Waals surface area (Å²) >= 11 is 1.81. The summed E-state index contributed by atoms with van der Waals surface area (Å²) in [6.07, 6.45) is -3.46. The number of morpholine rings is 1. The molecule has 0 aromatic rings. The first-order chi connectivity index (χ1) is 9.91. The summed E-state index contributed by atoms with van der Waals surface area (Å²) in [6, 6.07) is -0.767. The van der Waals surface area contributed by atoms with Crippen molar-refractivity contribution in [1.29, 1.82) is 0 Å². The highest BCUT2D eigenvalue weighted by Gasteiger charge is 2.41. The van der Waals surface area contributed by atoms with Crippen molar-refractivity contribution < 1.29 is 22.7 Å². The maximum Gasteiger partial charge on any atom is 0.405 e. The molecule has 0 aliphatic carbocycles. The molecule has 1 atom stereocenters. The van der Waals surface area contributed by atoms with Gasteiger partial charge in [0.1, 0.15) is 6.54 Å². The highest BCUT2D eigenvalue weighted by Crippen LogP contribution is 2.33. The molecular formula is C12H20F3N3O2S. The van der Waals surface area contributed by atoms with Gasteiger partial charge in [0.15, 0.2) is 0 Å². The van der Waals surface area contributed by atoms with Gasteiger partial charge >= 0.3 is 12.2 Å². The van der Waals surface area contributed by atoms with Crippen LogP contribution in [0.5, 0.6) is 0 Å². The van der Waals surface area contributed by atoms with E-state index in [0.717, 1.165) is 31.0 Å². The topological polar surface area (TPSA) is 53.6 Å². The number of thioether (sulfide) groups is 1. The highest BCUT2D eigenvalue weighted by atomic mass is 32.2. The second-order valence-electron chi connectivity index (χ2n) is 5.28. The maximum atomic E-state index is 12.1. The van der Waals surface area contributed by atoms with Crippen LogP contribution in [-0.2, 0) is 4.74 Å². The Kier molecular flexibility index (Phi) is 5.61. The number of nitrogens with zero attached hydrogens (tertiary/aromatic N) is 1. The van der Waals surface area contributed by atoms with Crippen molar-refractivity contribution in [1.82, 2.24) is 15.5 Å². The number of hydrogen-bond donors (Lipinski definition) is 2. The molecule has 0 aromatic carbocycles. The largest absolute Gasteiger partial charge is 0.405 e. The minimum atomic E-state index is -4.39. The van der Waals surface area contributed by atoms with Crippen LogP contribution in [0.15, 0.2) is 0 Å². The number of nitrogens with one attached hydrogen (secondary N) is 2. The summed E-state index contributed by atoms with van der Waals surface area (Å²) < 4.78 is 41.5. The second-order valence-corrected chi connectivity index (χ2v) is 6.38. The zero-order valence-corrected chi connectivity index (χ0v) is 12.5. The molecule has 2 amide bonds. The Bertz CT molecular complexity index is 356. The standard InChI is InChI=1S/C12H20F3N3O2S/c13-12(14,15)8-17-10(19)16-7-11(1-6-21-9-11)18-2-4-20-5-3-18/h1-9H2,(H2,16,17,19)/t11-/m1/s1. The third-order valence-electron chi connectivity index (χ3n) is 3.79. The Balaban J connectivity index is 1.84. The third-order valence-corrected chi connectivity index (χ3v) is 5.03. The highest BCUT2D eigenvalue weighted by molar-refractivity contribution is 7.99. The molecule has 122 valence electrons. The van der Waals surface area contributed by atoms with Crippen molar-refractivity contribution >= 4 is 17.8 Å². The number of urea groups is 1. The summed E-state index contributed by atoms with van der Waals surface area (Å²) in [7, 11) is 0. The van der Waals surface area contributed by atoms with Gasteiger partial charge in [0.05, 0.1) is 13.2 Å². The first-order valence-corrected chi connectivity index (χ1v) is 8.06. The number of alkyl halides is 3. The molecule has 2 aliphatic rings. The molecule has 0 spiro atoms. The van der Waals surface area contributed by atoms with E-state index in [0.29, 0.717) is 19.8 Å². The van der Waals surface area contributed by atoms with Crippen molar-refractivity contribution in [3.05, 3.63) is 0 Å². The zero-order valence-electron chi connectivity index (χ0n) is 11.7. The van der Waals surface area contributed by atoms with Crippen LogP contribution in [0, 0.1) is 0 Å². The fourth-order valence-corrected chi connectivity index (χ4v) is 4.10. The van der Waals surface area contributed by atoms with E-state index in [4.69, 9.17) is 4.74 Å². The Labute approximate surface area is 125 Å². The average molecular weight is 327 g/mol. The predicted molar refractivity (Wildman–Crippen MR) is 74.5 cm³/mol. The van der Waals surface area contributed by atoms with E-state index >= 15 is 0 Å². The smallest absolute Gasteiger partial charge is 0.379 e. The molecule has 2 fully saturated rings. The first kappa shape index (κ1) is 16.7. The van der Waals surface area contributed by atoms with Gasteiger partial charge in [-0.15, -0.1) is 0 Å². The average Bonchev–Trinajstić information content (AvgIpc) is 2.93. The van der Waals surface area contributed by atoms with Gasteiger partial charge in [-0.05, 0) is 12.2 Å². The van der Waals surface area contributed by atoms with Crippen molar-refractivity contribution in [2.75, 3.05) is 50.9 Å². The van der Waals surface area contributed by atoms with Crippen LogP contribution in [-0.4, -0.2) is 73.5 Å². The van der Waals surface area contributed by atoms with E-state index in [9.17, 15) is 18.0 Å². The number of halogens is 3. The Morgan fingerprint density at radius 3 is 2.57 bits per heavy atom. The molecule has 2 saturated heterocycles. The predicted octanol–water partition coefficient (Wildman–Crippen LogP) is 1.06. The molecule has 0 radical (unpaired) electrons. The minimum absolute atomic E-state index is 0.163. The van der Waals surface area contributed by atoms with Gasteiger partial charge in [-0.3, -0.25) is 4.90 Å². The Morgan fingerprint density at radius 1 is 1.29 bits per heavy atom. The van der Waals surface area contributed by atoms with Crippen LogP contribution in [0.2, 0.25) is 0 Å². The molecule has 21 heavy (non-hydrogen) atoms. The lowest BCUT2D eigenvalue weighted by Crippen LogP contribution is -2.60. The fourth-order valence-electron chi connectivity index (χ4n) is 2.62. The van der Waals surface area contributed by atoms with Crippen LogP contribution < -0.4 is 10.6 Å². The second kappa shape index (κ2) is 7.06. The summed E-state index contributed by atoms with van der Waals surface area (Å²) in [4.78, 5) is 13.8. The molecule has 2 N–H and O–H groups in total. The number of amides is 2. The van der Waals surface area contributed by atoms with Crippen LogP contribution in [0.25, 0.3) is 0 Å². The summed E-state index contributed by atoms with van der Waals surface area (Å²) in [5.41, 5.74) is -0.163. The van der Waals surface area contributed by atoms with Gasteiger partial charge in [-0.25, -0.2) is 4.79 Å². The lowest BCUT2D eigenvalue weighted by Gasteiger charge is -2.43. The van der Waals surface area contributed by atoms with Crippen LogP contribution >= 0.6 is 11.8 Å². The molecular weight excluding hydrogens is 307 g/mol. The lowest BCUT2D eigenvalue weighted by molar-refractivity contribution is -0.122. The molecule has 2 heterocycles. The van der Waals surface area contributed by atoms with Crippen LogP contribution in [0.4, 0.5) is 18.0 Å². The monoisotopic (exact) mass is 327 g/mol. The number of carbonyl (C=O) groups excluding carboxylic acids is 1. The lowest BCUT2D eigenvalue weighted by atomic mass is 9.95. The van der Waals surface area contributed by atoms with Crippen LogP contribution in [0.3, 0.4) is 0 Å². The maximum absolute atomic E-state index is 12.1. The quantitative estimate of drug-likeness (QED) is 0.811. The summed E-state index contributed by atoms with van der Waals surface area (Å²) in [5.74, 6) is 1.88. The number of carbonyl (C=O) groups is 1. The van der Waals surface area contributed by atoms with Crippen molar-refractivity contribution in [2.24, 2.45) is 0 Å². The van der Waals surface area contributed by atoms with E-state index in [-0.39, 0.29) is 5.54 Å². The molecule has 0 saturated carbocycles. The number of ether oxygens (including phenoxy) is 1. The molecule has 2 aliphatic heterocycles. The van der Waals surface area contributed by atoms with Crippen molar-refractivity contribution in [3.8, 4) is 0 Å². The molecule has 0 unspecified atom stereocenters. The molecule has 5 nitrogen and oxygen atoms in total. The normalized spacial score (nSPS) is 27.6.